The first-order valence-corrected chi connectivity index (χ1v) is 5.11. The van der Waals surface area contributed by atoms with E-state index in [1.54, 1.807) is 0 Å². The molecule has 1 saturated carbocycles. The van der Waals surface area contributed by atoms with Crippen molar-refractivity contribution in [3.05, 3.63) is 12.2 Å². The van der Waals surface area contributed by atoms with E-state index in [4.69, 9.17) is 5.11 Å². The second-order valence-corrected chi connectivity index (χ2v) is 4.10. The van der Waals surface area contributed by atoms with E-state index in [0.29, 0.717) is 0 Å². The van der Waals surface area contributed by atoms with Gasteiger partial charge in [0.1, 0.15) is 5.60 Å². The van der Waals surface area contributed by atoms with Gasteiger partial charge in [0, 0.05) is 0 Å². The van der Waals surface area contributed by atoms with Gasteiger partial charge < -0.3 is 9.84 Å². The molecule has 19 heavy (non-hydrogen) atoms. The number of alkyl halides is 6. The molecule has 1 N–H and O–H groups in total. The molecular formula is C10H10F6O3. The third kappa shape index (κ3) is 2.85. The molecule has 3 unspecified atom stereocenters. The predicted octanol–water partition coefficient (Wildman–Crippen LogP) is 2.92. The van der Waals surface area contributed by atoms with Crippen molar-refractivity contribution in [2.75, 3.05) is 0 Å². The fourth-order valence-electron chi connectivity index (χ4n) is 1.59. The maximum Gasteiger partial charge on any atom is 0.459 e. The minimum Gasteiger partial charge on any atom is -0.481 e. The Morgan fingerprint density at radius 2 is 1.95 bits per heavy atom. The number of carboxylic acid groups (broad SMARTS) is 1. The number of halogens is 6. The van der Waals surface area contributed by atoms with Crippen LogP contribution in [0.25, 0.3) is 0 Å². The molecule has 1 rings (SSSR count). The summed E-state index contributed by atoms with van der Waals surface area (Å²) in [7, 11) is 0. The van der Waals surface area contributed by atoms with Crippen molar-refractivity contribution in [2.24, 2.45) is 5.92 Å². The van der Waals surface area contributed by atoms with Crippen LogP contribution >= 0.6 is 0 Å². The van der Waals surface area contributed by atoms with Gasteiger partial charge in [-0.1, -0.05) is 12.2 Å². The summed E-state index contributed by atoms with van der Waals surface area (Å²) >= 11 is 0. The Morgan fingerprint density at radius 1 is 1.42 bits per heavy atom. The number of hydrogen-bond acceptors (Lipinski definition) is 2. The zero-order valence-electron chi connectivity index (χ0n) is 9.55. The zero-order valence-corrected chi connectivity index (χ0v) is 9.55. The van der Waals surface area contributed by atoms with E-state index in [0.717, 1.165) is 6.08 Å². The number of hydrogen-bond donors (Lipinski definition) is 1. The van der Waals surface area contributed by atoms with Crippen molar-refractivity contribution in [1.82, 2.24) is 0 Å². The maximum atomic E-state index is 13.1. The molecule has 0 bridgehead atoms. The summed E-state index contributed by atoms with van der Waals surface area (Å²) in [6, 6.07) is 0. The second-order valence-electron chi connectivity index (χ2n) is 4.10. The molecule has 0 aromatic rings. The van der Waals surface area contributed by atoms with E-state index in [9.17, 15) is 31.1 Å². The van der Waals surface area contributed by atoms with Gasteiger partial charge in [0.05, 0.1) is 5.92 Å². The Hall–Kier alpha value is -1.25. The Balaban J connectivity index is 2.86. The van der Waals surface area contributed by atoms with Gasteiger partial charge in [-0.15, -0.1) is 0 Å². The summed E-state index contributed by atoms with van der Waals surface area (Å²) < 4.78 is 78.2. The first kappa shape index (κ1) is 15.8. The lowest BCUT2D eigenvalue weighted by atomic mass is 10.2. The first-order valence-electron chi connectivity index (χ1n) is 5.11. The molecule has 1 aliphatic carbocycles. The van der Waals surface area contributed by atoms with Crippen molar-refractivity contribution >= 4 is 5.97 Å². The standard InChI is InChI=1S/C10H10F6O3/c1-2-3-8(4-5(8)6(17)18)19-7(11)9(12,13)10(14,15)16/h2-3,5,7H,4H2,1H3,(H,17,18). The third-order valence-electron chi connectivity index (χ3n) is 2.69. The Labute approximate surface area is 103 Å². The van der Waals surface area contributed by atoms with Crippen molar-refractivity contribution in [1.29, 1.82) is 0 Å². The van der Waals surface area contributed by atoms with E-state index in [1.807, 2.05) is 0 Å². The monoisotopic (exact) mass is 292 g/mol. The third-order valence-corrected chi connectivity index (χ3v) is 2.69. The molecule has 0 aromatic carbocycles. The molecule has 110 valence electrons. The molecule has 0 saturated heterocycles. The average molecular weight is 292 g/mol. The molecule has 0 heterocycles. The largest absolute Gasteiger partial charge is 0.481 e. The molecule has 9 heteroatoms. The van der Waals surface area contributed by atoms with Crippen LogP contribution in [0.15, 0.2) is 12.2 Å². The van der Waals surface area contributed by atoms with Crippen LogP contribution in [0, 0.1) is 5.92 Å². The summed E-state index contributed by atoms with van der Waals surface area (Å²) in [6.45, 7) is 1.37. The van der Waals surface area contributed by atoms with Crippen LogP contribution in [0.2, 0.25) is 0 Å². The van der Waals surface area contributed by atoms with Crippen molar-refractivity contribution < 1.29 is 41.0 Å². The van der Waals surface area contributed by atoms with Crippen LogP contribution in [0.1, 0.15) is 13.3 Å². The fraction of sp³-hybridized carbons (Fsp3) is 0.700. The second kappa shape index (κ2) is 4.69. The van der Waals surface area contributed by atoms with Crippen LogP contribution in [-0.4, -0.2) is 35.1 Å². The van der Waals surface area contributed by atoms with Crippen molar-refractivity contribution in [3.63, 3.8) is 0 Å². The molecule has 0 amide bonds. The molecule has 0 radical (unpaired) electrons. The SMILES string of the molecule is CC=CC1(OC(F)C(F)(F)C(F)(F)F)CC1C(=O)O. The highest BCUT2D eigenvalue weighted by Gasteiger charge is 2.68. The van der Waals surface area contributed by atoms with Gasteiger partial charge in [-0.2, -0.15) is 22.0 Å². The van der Waals surface area contributed by atoms with Crippen LogP contribution in [0.4, 0.5) is 26.3 Å². The minimum absolute atomic E-state index is 0.360. The van der Waals surface area contributed by atoms with Crippen molar-refractivity contribution in [3.8, 4) is 0 Å². The van der Waals surface area contributed by atoms with Gasteiger partial charge in [-0.05, 0) is 13.3 Å². The molecule has 0 aliphatic heterocycles. The molecule has 0 aromatic heterocycles. The van der Waals surface area contributed by atoms with Gasteiger partial charge in [0.2, 0.25) is 0 Å². The number of aliphatic carboxylic acids is 1. The van der Waals surface area contributed by atoms with Crippen molar-refractivity contribution in [2.45, 2.75) is 37.4 Å². The number of ether oxygens (including phenoxy) is 1. The molecular weight excluding hydrogens is 282 g/mol. The number of carbonyl (C=O) groups is 1. The van der Waals surface area contributed by atoms with Gasteiger partial charge >= 0.3 is 18.1 Å². The highest BCUT2D eigenvalue weighted by molar-refractivity contribution is 5.76. The van der Waals surface area contributed by atoms with E-state index in [2.05, 4.69) is 4.74 Å². The topological polar surface area (TPSA) is 46.5 Å². The lowest BCUT2D eigenvalue weighted by Gasteiger charge is -2.26. The quantitative estimate of drug-likeness (QED) is 0.626. The van der Waals surface area contributed by atoms with E-state index in [-0.39, 0.29) is 6.42 Å². The smallest absolute Gasteiger partial charge is 0.459 e. The summed E-state index contributed by atoms with van der Waals surface area (Å²) in [5.41, 5.74) is -1.95. The predicted molar refractivity (Wildman–Crippen MR) is 50.3 cm³/mol. The number of rotatable bonds is 5. The Bertz CT molecular complexity index is 391. The highest BCUT2D eigenvalue weighted by atomic mass is 19.4. The highest BCUT2D eigenvalue weighted by Crippen LogP contribution is 2.52. The van der Waals surface area contributed by atoms with Crippen LogP contribution < -0.4 is 0 Å². The first-order chi connectivity index (χ1) is 8.48. The maximum absolute atomic E-state index is 13.1. The lowest BCUT2D eigenvalue weighted by Crippen LogP contribution is -2.48. The van der Waals surface area contributed by atoms with Gasteiger partial charge in [0.15, 0.2) is 0 Å². The molecule has 0 spiro atoms. The lowest BCUT2D eigenvalue weighted by molar-refractivity contribution is -0.347. The fourth-order valence-corrected chi connectivity index (χ4v) is 1.59. The van der Waals surface area contributed by atoms with Crippen LogP contribution in [-0.2, 0) is 9.53 Å². The number of carboxylic acids is 1. The van der Waals surface area contributed by atoms with E-state index < -0.39 is 35.9 Å². The van der Waals surface area contributed by atoms with Crippen LogP contribution in [0.3, 0.4) is 0 Å². The summed E-state index contributed by atoms with van der Waals surface area (Å²) in [5, 5.41) is 8.65. The summed E-state index contributed by atoms with van der Waals surface area (Å²) in [6.07, 6.45) is -8.28. The minimum atomic E-state index is -6.11. The van der Waals surface area contributed by atoms with E-state index >= 15 is 0 Å². The Morgan fingerprint density at radius 3 is 2.26 bits per heavy atom. The van der Waals surface area contributed by atoms with Crippen LogP contribution in [0.5, 0.6) is 0 Å². The van der Waals surface area contributed by atoms with Gasteiger partial charge in [-0.3, -0.25) is 4.79 Å². The summed E-state index contributed by atoms with van der Waals surface area (Å²) in [4.78, 5) is 10.6. The Kier molecular flexibility index (Phi) is 3.91. The molecule has 1 aliphatic rings. The van der Waals surface area contributed by atoms with E-state index in [1.165, 1.54) is 13.0 Å². The summed E-state index contributed by atoms with van der Waals surface area (Å²) in [5.74, 6) is -8.50. The average Bonchev–Trinajstić information content (AvgIpc) is 2.91. The number of allylic oxidation sites excluding steroid dienone is 1. The molecule has 1 fully saturated rings. The van der Waals surface area contributed by atoms with Gasteiger partial charge in [0.25, 0.3) is 6.36 Å². The molecule has 3 atom stereocenters. The zero-order chi connectivity index (χ0) is 15.1. The molecule has 3 nitrogen and oxygen atoms in total. The normalized spacial score (nSPS) is 29.5. The van der Waals surface area contributed by atoms with Gasteiger partial charge in [-0.25, -0.2) is 4.39 Å².